The van der Waals surface area contributed by atoms with Crippen LogP contribution in [-0.4, -0.2) is 12.1 Å². The monoisotopic (exact) mass is 390 g/mol. The fourth-order valence-corrected chi connectivity index (χ4v) is 6.84. The summed E-state index contributed by atoms with van der Waals surface area (Å²) >= 11 is 0. The van der Waals surface area contributed by atoms with Gasteiger partial charge in [-0.25, -0.2) is 0 Å². The van der Waals surface area contributed by atoms with Crippen molar-refractivity contribution in [3.05, 3.63) is 0 Å². The van der Waals surface area contributed by atoms with E-state index >= 15 is 0 Å². The minimum absolute atomic E-state index is 0.0848. The molecule has 0 N–H and O–H groups in total. The van der Waals surface area contributed by atoms with Gasteiger partial charge in [-0.2, -0.15) is 0 Å². The van der Waals surface area contributed by atoms with Crippen LogP contribution in [0.1, 0.15) is 129 Å². The maximum atomic E-state index is 13.3. The molecule has 4 aliphatic rings. The summed E-state index contributed by atoms with van der Waals surface area (Å²) in [7, 11) is 0. The van der Waals surface area contributed by atoms with E-state index in [4.69, 9.17) is 4.74 Å². The van der Waals surface area contributed by atoms with Gasteiger partial charge in [-0.05, 0) is 75.5 Å². The average molecular weight is 391 g/mol. The van der Waals surface area contributed by atoms with Crippen LogP contribution in [0.15, 0.2) is 0 Å². The molecule has 1 atom stereocenters. The number of esters is 1. The van der Waals surface area contributed by atoms with E-state index < -0.39 is 0 Å². The summed E-state index contributed by atoms with van der Waals surface area (Å²) in [5.74, 6) is 2.66. The van der Waals surface area contributed by atoms with Gasteiger partial charge in [0, 0.05) is 0 Å². The number of ether oxygens (including phenoxy) is 1. The van der Waals surface area contributed by atoms with Crippen LogP contribution in [0.2, 0.25) is 0 Å². The third-order valence-corrected chi connectivity index (χ3v) is 8.00. The summed E-state index contributed by atoms with van der Waals surface area (Å²) in [5, 5.41) is 0. The van der Waals surface area contributed by atoms with E-state index in [1.165, 1.54) is 83.5 Å². The predicted octanol–water partition coefficient (Wildman–Crippen LogP) is 7.84. The molecule has 0 heterocycles. The Morgan fingerprint density at radius 1 is 0.750 bits per heavy atom. The van der Waals surface area contributed by atoms with Crippen molar-refractivity contribution in [2.45, 2.75) is 136 Å². The number of hydrogen-bond donors (Lipinski definition) is 0. The topological polar surface area (TPSA) is 26.3 Å². The molecule has 0 aromatic carbocycles. The quantitative estimate of drug-likeness (QED) is 0.223. The summed E-state index contributed by atoms with van der Waals surface area (Å²) in [6.45, 7) is 4.52. The maximum Gasteiger partial charge on any atom is 0.312 e. The van der Waals surface area contributed by atoms with Gasteiger partial charge in [0.05, 0.1) is 5.41 Å². The van der Waals surface area contributed by atoms with Gasteiger partial charge < -0.3 is 4.74 Å². The normalized spacial score (nSPS) is 31.9. The van der Waals surface area contributed by atoms with Gasteiger partial charge in [-0.1, -0.05) is 71.6 Å². The lowest BCUT2D eigenvalue weighted by Gasteiger charge is -2.55. The Hall–Kier alpha value is -0.530. The van der Waals surface area contributed by atoms with Gasteiger partial charge in [0.2, 0.25) is 0 Å². The first-order chi connectivity index (χ1) is 13.6. The third kappa shape index (κ3) is 5.99. The maximum absolute atomic E-state index is 13.3. The van der Waals surface area contributed by atoms with Crippen molar-refractivity contribution in [3.8, 4) is 0 Å². The zero-order chi connectivity index (χ0) is 19.8. The molecule has 4 aliphatic carbocycles. The molecule has 28 heavy (non-hydrogen) atoms. The molecule has 0 amide bonds. The molecular formula is C26H46O2. The Balaban J connectivity index is 1.41. The van der Waals surface area contributed by atoms with Crippen molar-refractivity contribution in [1.82, 2.24) is 0 Å². The predicted molar refractivity (Wildman–Crippen MR) is 117 cm³/mol. The summed E-state index contributed by atoms with van der Waals surface area (Å²) in [6, 6.07) is 0. The van der Waals surface area contributed by atoms with E-state index in [-0.39, 0.29) is 17.5 Å². The molecule has 4 saturated carbocycles. The lowest BCUT2D eigenvalue weighted by molar-refractivity contribution is -0.177. The van der Waals surface area contributed by atoms with Gasteiger partial charge >= 0.3 is 5.97 Å². The summed E-state index contributed by atoms with van der Waals surface area (Å²) in [5.41, 5.74) is -0.0848. The number of carbonyl (C=O) groups excluding carboxylic acids is 1. The molecule has 0 aromatic rings. The minimum Gasteiger partial charge on any atom is -0.462 e. The minimum atomic E-state index is -0.0848. The van der Waals surface area contributed by atoms with Crippen LogP contribution < -0.4 is 0 Å². The Bertz CT molecular complexity index is 434. The van der Waals surface area contributed by atoms with Crippen LogP contribution in [0.5, 0.6) is 0 Å². The van der Waals surface area contributed by atoms with E-state index in [0.717, 1.165) is 49.9 Å². The van der Waals surface area contributed by atoms with Crippen molar-refractivity contribution in [1.29, 1.82) is 0 Å². The molecule has 0 spiro atoms. The van der Waals surface area contributed by atoms with Crippen molar-refractivity contribution in [2.75, 3.05) is 0 Å². The van der Waals surface area contributed by atoms with Gasteiger partial charge in [-0.3, -0.25) is 4.79 Å². The smallest absolute Gasteiger partial charge is 0.312 e. The van der Waals surface area contributed by atoms with Crippen LogP contribution >= 0.6 is 0 Å². The van der Waals surface area contributed by atoms with Crippen molar-refractivity contribution < 1.29 is 9.53 Å². The molecule has 0 saturated heterocycles. The molecule has 0 aromatic heterocycles. The van der Waals surface area contributed by atoms with E-state index in [1.54, 1.807) is 0 Å². The highest BCUT2D eigenvalue weighted by molar-refractivity contribution is 5.77. The average Bonchev–Trinajstić information content (AvgIpc) is 2.66. The molecule has 1 unspecified atom stereocenters. The fourth-order valence-electron chi connectivity index (χ4n) is 6.84. The van der Waals surface area contributed by atoms with Gasteiger partial charge in [0.25, 0.3) is 0 Å². The van der Waals surface area contributed by atoms with E-state index in [0.29, 0.717) is 0 Å². The number of rotatable bonds is 14. The van der Waals surface area contributed by atoms with Crippen LogP contribution in [0.4, 0.5) is 0 Å². The summed E-state index contributed by atoms with van der Waals surface area (Å²) in [6.07, 6.45) is 23.1. The highest BCUT2D eigenvalue weighted by atomic mass is 16.5. The highest BCUT2D eigenvalue weighted by Crippen LogP contribution is 2.60. The summed E-state index contributed by atoms with van der Waals surface area (Å²) < 4.78 is 6.26. The molecule has 4 bridgehead atoms. The zero-order valence-corrected chi connectivity index (χ0v) is 18.9. The molecular weight excluding hydrogens is 344 g/mol. The lowest BCUT2D eigenvalue weighted by atomic mass is 9.49. The Morgan fingerprint density at radius 3 is 1.75 bits per heavy atom. The second kappa shape index (κ2) is 11.0. The van der Waals surface area contributed by atoms with Crippen LogP contribution in [0, 0.1) is 23.2 Å². The first-order valence-electron chi connectivity index (χ1n) is 12.9. The largest absolute Gasteiger partial charge is 0.462 e. The van der Waals surface area contributed by atoms with Gasteiger partial charge in [0.1, 0.15) is 6.10 Å². The second-order valence-electron chi connectivity index (χ2n) is 10.6. The van der Waals surface area contributed by atoms with Crippen LogP contribution in [0.3, 0.4) is 0 Å². The van der Waals surface area contributed by atoms with Crippen LogP contribution in [-0.2, 0) is 9.53 Å². The molecule has 0 radical (unpaired) electrons. The summed E-state index contributed by atoms with van der Waals surface area (Å²) in [4.78, 5) is 13.3. The number of carbonyl (C=O) groups is 1. The van der Waals surface area contributed by atoms with E-state index in [1.807, 2.05) is 0 Å². The number of hydrogen-bond acceptors (Lipinski definition) is 2. The molecule has 162 valence electrons. The standard InChI is InChI=1S/C26H46O2/c1-3-5-7-8-9-10-11-12-14-24(13-6-4-2)28-25(27)26-18-21-15-22(19-26)17-23(16-21)20-26/h21-24H,3-20H2,1-2H3. The second-order valence-corrected chi connectivity index (χ2v) is 10.6. The molecule has 4 rings (SSSR count). The fraction of sp³-hybridized carbons (Fsp3) is 0.962. The van der Waals surface area contributed by atoms with Crippen molar-refractivity contribution in [2.24, 2.45) is 23.2 Å². The van der Waals surface area contributed by atoms with Gasteiger partial charge in [-0.15, -0.1) is 0 Å². The third-order valence-electron chi connectivity index (χ3n) is 8.00. The molecule has 0 aliphatic heterocycles. The number of unbranched alkanes of at least 4 members (excludes halogenated alkanes) is 8. The lowest BCUT2D eigenvalue weighted by Crippen LogP contribution is -2.51. The molecule has 2 heteroatoms. The Labute approximate surface area is 174 Å². The van der Waals surface area contributed by atoms with Gasteiger partial charge in [0.15, 0.2) is 0 Å². The van der Waals surface area contributed by atoms with Crippen molar-refractivity contribution in [3.63, 3.8) is 0 Å². The Morgan fingerprint density at radius 2 is 1.21 bits per heavy atom. The zero-order valence-electron chi connectivity index (χ0n) is 18.9. The SMILES string of the molecule is CCCCCCCCCCC(CCCC)OC(=O)C12CC3CC(CC(C3)C1)C2. The van der Waals surface area contributed by atoms with Crippen LogP contribution in [0.25, 0.3) is 0 Å². The van der Waals surface area contributed by atoms with E-state index in [9.17, 15) is 4.79 Å². The van der Waals surface area contributed by atoms with Crippen molar-refractivity contribution >= 4 is 5.97 Å². The highest BCUT2D eigenvalue weighted by Gasteiger charge is 2.55. The van der Waals surface area contributed by atoms with E-state index in [2.05, 4.69) is 13.8 Å². The Kier molecular flexibility index (Phi) is 8.72. The first-order valence-corrected chi connectivity index (χ1v) is 12.9. The molecule has 2 nitrogen and oxygen atoms in total. The first kappa shape index (κ1) is 22.2. The molecule has 4 fully saturated rings.